The summed E-state index contributed by atoms with van der Waals surface area (Å²) >= 11 is 0. The van der Waals surface area contributed by atoms with Crippen molar-refractivity contribution < 1.29 is 27.4 Å². The average Bonchev–Trinajstić information content (AvgIpc) is 3.18. The van der Waals surface area contributed by atoms with Gasteiger partial charge in [-0.15, -0.1) is 0 Å². The van der Waals surface area contributed by atoms with Crippen LogP contribution < -0.4 is 15.4 Å². The van der Waals surface area contributed by atoms with Crippen molar-refractivity contribution in [3.63, 3.8) is 0 Å². The molecule has 2 fully saturated rings. The first kappa shape index (κ1) is 19.9. The number of hydrogen-bond acceptors (Lipinski definition) is 4. The molecular formula is C19H25F3N2O3. The van der Waals surface area contributed by atoms with Gasteiger partial charge in [0.25, 0.3) is 0 Å². The Balaban J connectivity index is 1.46. The Morgan fingerprint density at radius 1 is 1.33 bits per heavy atom. The van der Waals surface area contributed by atoms with Crippen LogP contribution in [0.25, 0.3) is 0 Å². The number of benzene rings is 1. The minimum absolute atomic E-state index is 0.0123. The third kappa shape index (κ3) is 5.84. The second kappa shape index (κ2) is 8.93. The Morgan fingerprint density at radius 2 is 2.19 bits per heavy atom. The molecule has 0 aromatic heterocycles. The lowest BCUT2D eigenvalue weighted by Gasteiger charge is -2.29. The summed E-state index contributed by atoms with van der Waals surface area (Å²) in [5, 5.41) is 6.16. The molecular weight excluding hydrogens is 361 g/mol. The Hall–Kier alpha value is -1.80. The van der Waals surface area contributed by atoms with Crippen molar-refractivity contribution in [1.82, 2.24) is 10.6 Å². The maximum atomic E-state index is 12.8. The van der Waals surface area contributed by atoms with Gasteiger partial charge in [-0.3, -0.25) is 4.79 Å². The van der Waals surface area contributed by atoms with Gasteiger partial charge < -0.3 is 20.1 Å². The van der Waals surface area contributed by atoms with E-state index in [0.29, 0.717) is 26.1 Å². The fraction of sp³-hybridized carbons (Fsp3) is 0.632. The monoisotopic (exact) mass is 386 g/mol. The molecule has 150 valence electrons. The number of ether oxygens (including phenoxy) is 2. The molecule has 1 aromatic carbocycles. The van der Waals surface area contributed by atoms with Crippen LogP contribution in [-0.2, 0) is 15.7 Å². The maximum Gasteiger partial charge on any atom is 0.416 e. The molecule has 2 aliphatic rings. The summed E-state index contributed by atoms with van der Waals surface area (Å²) in [6.45, 7) is 2.82. The van der Waals surface area contributed by atoms with E-state index in [2.05, 4.69) is 10.6 Å². The van der Waals surface area contributed by atoms with Gasteiger partial charge in [0.05, 0.1) is 24.2 Å². The Bertz CT molecular complexity index is 633. The highest BCUT2D eigenvalue weighted by Gasteiger charge is 2.31. The van der Waals surface area contributed by atoms with Crippen molar-refractivity contribution in [2.24, 2.45) is 11.8 Å². The minimum Gasteiger partial charge on any atom is -0.493 e. The number of piperidine rings is 1. The van der Waals surface area contributed by atoms with Crippen LogP contribution in [0.2, 0.25) is 0 Å². The second-order valence-corrected chi connectivity index (χ2v) is 7.17. The number of amides is 1. The third-order valence-electron chi connectivity index (χ3n) is 4.99. The maximum absolute atomic E-state index is 12.8. The van der Waals surface area contributed by atoms with Crippen molar-refractivity contribution in [2.45, 2.75) is 31.5 Å². The Morgan fingerprint density at radius 3 is 2.93 bits per heavy atom. The van der Waals surface area contributed by atoms with E-state index in [1.807, 2.05) is 0 Å². The molecule has 0 spiro atoms. The molecule has 2 aliphatic heterocycles. The minimum atomic E-state index is -4.39. The smallest absolute Gasteiger partial charge is 0.416 e. The van der Waals surface area contributed by atoms with E-state index in [-0.39, 0.29) is 36.2 Å². The van der Waals surface area contributed by atoms with Crippen LogP contribution in [0.4, 0.5) is 13.2 Å². The zero-order valence-corrected chi connectivity index (χ0v) is 15.1. The normalized spacial score (nSPS) is 26.0. The quantitative estimate of drug-likeness (QED) is 0.789. The topological polar surface area (TPSA) is 59.6 Å². The van der Waals surface area contributed by atoms with Crippen molar-refractivity contribution in [3.05, 3.63) is 29.8 Å². The Kier molecular flexibility index (Phi) is 6.59. The summed E-state index contributed by atoms with van der Waals surface area (Å²) in [5.74, 6) is 0.0681. The highest BCUT2D eigenvalue weighted by Crippen LogP contribution is 2.31. The number of nitrogens with one attached hydrogen (secondary N) is 2. The molecule has 1 unspecified atom stereocenters. The summed E-state index contributed by atoms with van der Waals surface area (Å²) < 4.78 is 49.4. The van der Waals surface area contributed by atoms with Gasteiger partial charge in [0, 0.05) is 32.2 Å². The number of hydrogen-bond donors (Lipinski definition) is 2. The lowest BCUT2D eigenvalue weighted by Crippen LogP contribution is -2.46. The zero-order chi connectivity index (χ0) is 19.3. The molecule has 0 aliphatic carbocycles. The fourth-order valence-corrected chi connectivity index (χ4v) is 3.50. The molecule has 3 rings (SSSR count). The molecule has 0 saturated carbocycles. The van der Waals surface area contributed by atoms with Crippen molar-refractivity contribution in [2.75, 3.05) is 32.8 Å². The van der Waals surface area contributed by atoms with Crippen LogP contribution in [0, 0.1) is 11.8 Å². The molecule has 0 radical (unpaired) electrons. The Labute approximate surface area is 156 Å². The standard InChI is InChI=1S/C19H25F3N2O3/c20-19(21,22)15-3-1-4-16(8-15)27-12-13-7-14(10-23-9-13)18(25)24-11-17-5-2-6-26-17/h1,3-4,8,13-14,17,23H,2,5-7,9-12H2,(H,24,25)/t13-,14+,17?/m0/s1. The number of alkyl halides is 3. The molecule has 2 heterocycles. The fourth-order valence-electron chi connectivity index (χ4n) is 3.50. The molecule has 27 heavy (non-hydrogen) atoms. The summed E-state index contributed by atoms with van der Waals surface area (Å²) in [6.07, 6.45) is -1.65. The molecule has 2 N–H and O–H groups in total. The van der Waals surface area contributed by atoms with Gasteiger partial charge in [-0.05, 0) is 37.5 Å². The first-order valence-electron chi connectivity index (χ1n) is 9.32. The van der Waals surface area contributed by atoms with Crippen molar-refractivity contribution >= 4 is 5.91 Å². The highest BCUT2D eigenvalue weighted by atomic mass is 19.4. The van der Waals surface area contributed by atoms with E-state index >= 15 is 0 Å². The first-order valence-corrected chi connectivity index (χ1v) is 9.32. The second-order valence-electron chi connectivity index (χ2n) is 7.17. The van der Waals surface area contributed by atoms with E-state index in [4.69, 9.17) is 9.47 Å². The van der Waals surface area contributed by atoms with Gasteiger partial charge >= 0.3 is 6.18 Å². The molecule has 8 heteroatoms. The van der Waals surface area contributed by atoms with Gasteiger partial charge in [-0.25, -0.2) is 0 Å². The summed E-state index contributed by atoms with van der Waals surface area (Å²) in [6, 6.07) is 4.86. The van der Waals surface area contributed by atoms with E-state index < -0.39 is 11.7 Å². The molecule has 5 nitrogen and oxygen atoms in total. The van der Waals surface area contributed by atoms with Crippen molar-refractivity contribution in [3.8, 4) is 5.75 Å². The lowest BCUT2D eigenvalue weighted by atomic mass is 9.90. The number of carbonyl (C=O) groups excluding carboxylic acids is 1. The van der Waals surface area contributed by atoms with Gasteiger partial charge in [-0.2, -0.15) is 13.2 Å². The van der Waals surface area contributed by atoms with E-state index in [0.717, 1.165) is 31.6 Å². The van der Waals surface area contributed by atoms with E-state index in [9.17, 15) is 18.0 Å². The predicted molar refractivity (Wildman–Crippen MR) is 93.4 cm³/mol. The molecule has 2 saturated heterocycles. The first-order chi connectivity index (χ1) is 12.9. The third-order valence-corrected chi connectivity index (χ3v) is 4.99. The number of halogens is 3. The van der Waals surface area contributed by atoms with E-state index in [1.165, 1.54) is 12.1 Å². The molecule has 1 amide bonds. The van der Waals surface area contributed by atoms with Gasteiger partial charge in [-0.1, -0.05) is 6.07 Å². The average molecular weight is 386 g/mol. The highest BCUT2D eigenvalue weighted by molar-refractivity contribution is 5.79. The summed E-state index contributed by atoms with van der Waals surface area (Å²) in [4.78, 5) is 12.4. The van der Waals surface area contributed by atoms with Crippen LogP contribution in [0.15, 0.2) is 24.3 Å². The number of rotatable bonds is 6. The van der Waals surface area contributed by atoms with Gasteiger partial charge in [0.15, 0.2) is 0 Å². The van der Waals surface area contributed by atoms with Crippen LogP contribution >= 0.6 is 0 Å². The molecule has 1 aromatic rings. The molecule has 3 atom stereocenters. The summed E-state index contributed by atoms with van der Waals surface area (Å²) in [7, 11) is 0. The van der Waals surface area contributed by atoms with Crippen LogP contribution in [-0.4, -0.2) is 44.9 Å². The zero-order valence-electron chi connectivity index (χ0n) is 15.1. The lowest BCUT2D eigenvalue weighted by molar-refractivity contribution is -0.137. The SMILES string of the molecule is O=C(NCC1CCCO1)[C@H]1CNC[C@@H](COc2cccc(C(F)(F)F)c2)C1. The summed E-state index contributed by atoms with van der Waals surface area (Å²) in [5.41, 5.74) is -0.729. The van der Waals surface area contributed by atoms with Crippen LogP contribution in [0.3, 0.4) is 0 Å². The molecule has 0 bridgehead atoms. The van der Waals surface area contributed by atoms with Crippen LogP contribution in [0.1, 0.15) is 24.8 Å². The number of carbonyl (C=O) groups is 1. The largest absolute Gasteiger partial charge is 0.493 e. The predicted octanol–water partition coefficient (Wildman–Crippen LogP) is 2.61. The van der Waals surface area contributed by atoms with Gasteiger partial charge in [0.2, 0.25) is 5.91 Å². The van der Waals surface area contributed by atoms with E-state index in [1.54, 1.807) is 0 Å². The van der Waals surface area contributed by atoms with Crippen molar-refractivity contribution in [1.29, 1.82) is 0 Å². The van der Waals surface area contributed by atoms with Crippen LogP contribution in [0.5, 0.6) is 5.75 Å². The van der Waals surface area contributed by atoms with Gasteiger partial charge in [0.1, 0.15) is 5.75 Å².